The van der Waals surface area contributed by atoms with Gasteiger partial charge in [0.1, 0.15) is 0 Å². The van der Waals surface area contributed by atoms with Crippen molar-refractivity contribution in [3.63, 3.8) is 0 Å². The van der Waals surface area contributed by atoms with Gasteiger partial charge in [-0.05, 0) is 14.0 Å². The van der Waals surface area contributed by atoms with E-state index in [0.717, 1.165) is 0 Å². The Balaban J connectivity index is 2.71. The molecule has 0 aliphatic carbocycles. The quantitative estimate of drug-likeness (QED) is 0.663. The minimum absolute atomic E-state index is 0.101. The highest BCUT2D eigenvalue weighted by Gasteiger charge is 2.09. The number of aromatic nitrogens is 2. The fraction of sp³-hybridized carbons (Fsp3) is 0.667. The summed E-state index contributed by atoms with van der Waals surface area (Å²) in [6, 6.07) is 0.548. The Kier molecular flexibility index (Phi) is 2.43. The molecule has 0 amide bonds. The molecular formula is C6H12N4O. The van der Waals surface area contributed by atoms with Crippen LogP contribution in [0.25, 0.3) is 0 Å². The minimum Gasteiger partial charge on any atom is -0.406 e. The van der Waals surface area contributed by atoms with Gasteiger partial charge in [-0.1, -0.05) is 5.10 Å². The van der Waals surface area contributed by atoms with E-state index in [-0.39, 0.29) is 6.04 Å². The molecule has 5 nitrogen and oxygen atoms in total. The number of hydrogen-bond donors (Lipinski definition) is 2. The molecule has 1 heterocycles. The highest BCUT2D eigenvalue weighted by atomic mass is 16.4. The summed E-state index contributed by atoms with van der Waals surface area (Å²) in [5, 5.41) is 13.3. The molecule has 1 aromatic rings. The van der Waals surface area contributed by atoms with Crippen molar-refractivity contribution in [2.75, 3.05) is 19.4 Å². The summed E-state index contributed by atoms with van der Waals surface area (Å²) < 4.78 is 5.19. The van der Waals surface area contributed by atoms with Crippen LogP contribution in [-0.4, -0.2) is 24.3 Å². The van der Waals surface area contributed by atoms with Gasteiger partial charge in [0, 0.05) is 7.05 Å². The summed E-state index contributed by atoms with van der Waals surface area (Å²) in [6.45, 7) is 1.95. The highest BCUT2D eigenvalue weighted by Crippen LogP contribution is 2.11. The van der Waals surface area contributed by atoms with E-state index < -0.39 is 0 Å². The van der Waals surface area contributed by atoms with Crippen LogP contribution >= 0.6 is 0 Å². The highest BCUT2D eigenvalue weighted by molar-refractivity contribution is 5.14. The molecule has 0 saturated carbocycles. The van der Waals surface area contributed by atoms with Crippen LogP contribution in [0.3, 0.4) is 0 Å². The summed E-state index contributed by atoms with van der Waals surface area (Å²) in [5.41, 5.74) is 0. The Morgan fingerprint density at radius 3 is 2.55 bits per heavy atom. The van der Waals surface area contributed by atoms with E-state index in [1.54, 1.807) is 7.05 Å². The molecule has 11 heavy (non-hydrogen) atoms. The lowest BCUT2D eigenvalue weighted by Gasteiger charge is -2.01. The smallest absolute Gasteiger partial charge is 0.315 e. The van der Waals surface area contributed by atoms with E-state index in [1.807, 2.05) is 14.0 Å². The number of rotatable bonds is 3. The first-order valence-corrected chi connectivity index (χ1v) is 3.46. The molecule has 1 atom stereocenters. The van der Waals surface area contributed by atoms with Gasteiger partial charge < -0.3 is 15.1 Å². The molecule has 0 saturated heterocycles. The maximum atomic E-state index is 5.19. The largest absolute Gasteiger partial charge is 0.406 e. The normalized spacial score (nSPS) is 13.0. The summed E-state index contributed by atoms with van der Waals surface area (Å²) in [5.74, 6) is 0.594. The SMILES string of the molecule is CNc1nnc(C(C)NC)o1. The Bertz CT molecular complexity index is 222. The fourth-order valence-electron chi connectivity index (χ4n) is 0.634. The van der Waals surface area contributed by atoms with Crippen molar-refractivity contribution in [2.24, 2.45) is 0 Å². The lowest BCUT2D eigenvalue weighted by atomic mass is 10.3. The molecule has 0 spiro atoms. The third-order valence-electron chi connectivity index (χ3n) is 1.46. The Morgan fingerprint density at radius 1 is 1.36 bits per heavy atom. The number of hydrogen-bond acceptors (Lipinski definition) is 5. The average molecular weight is 156 g/mol. The summed E-state index contributed by atoms with van der Waals surface area (Å²) in [7, 11) is 3.58. The van der Waals surface area contributed by atoms with Crippen LogP contribution in [0.4, 0.5) is 6.01 Å². The topological polar surface area (TPSA) is 63.0 Å². The van der Waals surface area contributed by atoms with Gasteiger partial charge in [0.25, 0.3) is 0 Å². The fourth-order valence-corrected chi connectivity index (χ4v) is 0.634. The lowest BCUT2D eigenvalue weighted by Crippen LogP contribution is -2.12. The van der Waals surface area contributed by atoms with Crippen molar-refractivity contribution >= 4 is 6.01 Å². The zero-order valence-corrected chi connectivity index (χ0v) is 6.88. The molecule has 1 aromatic heterocycles. The van der Waals surface area contributed by atoms with Gasteiger partial charge in [0.15, 0.2) is 0 Å². The Morgan fingerprint density at radius 2 is 2.09 bits per heavy atom. The molecule has 0 aromatic carbocycles. The predicted molar refractivity (Wildman–Crippen MR) is 41.3 cm³/mol. The van der Waals surface area contributed by atoms with E-state index in [1.165, 1.54) is 0 Å². The Labute approximate surface area is 65.2 Å². The average Bonchev–Trinajstić information content (AvgIpc) is 2.50. The van der Waals surface area contributed by atoms with Crippen LogP contribution in [0.1, 0.15) is 18.9 Å². The second kappa shape index (κ2) is 3.34. The standard InChI is InChI=1S/C6H12N4O/c1-4(7-2)5-9-10-6(8-3)11-5/h4,7H,1-3H3,(H,8,10). The maximum absolute atomic E-state index is 5.19. The van der Waals surface area contributed by atoms with Gasteiger partial charge >= 0.3 is 6.01 Å². The molecule has 1 rings (SSSR count). The lowest BCUT2D eigenvalue weighted by molar-refractivity contribution is 0.442. The maximum Gasteiger partial charge on any atom is 0.315 e. The third kappa shape index (κ3) is 1.68. The molecule has 62 valence electrons. The zero-order chi connectivity index (χ0) is 8.27. The monoisotopic (exact) mass is 156 g/mol. The van der Waals surface area contributed by atoms with Gasteiger partial charge in [-0.25, -0.2) is 0 Å². The first-order chi connectivity index (χ1) is 5.27. The number of nitrogens with zero attached hydrogens (tertiary/aromatic N) is 2. The van der Waals surface area contributed by atoms with Gasteiger partial charge in [-0.15, -0.1) is 5.10 Å². The zero-order valence-electron chi connectivity index (χ0n) is 6.88. The van der Waals surface area contributed by atoms with Crippen LogP contribution in [0, 0.1) is 0 Å². The van der Waals surface area contributed by atoms with E-state index in [0.29, 0.717) is 11.9 Å². The van der Waals surface area contributed by atoms with Crippen LogP contribution in [0.2, 0.25) is 0 Å². The summed E-state index contributed by atoms with van der Waals surface area (Å²) in [4.78, 5) is 0. The van der Waals surface area contributed by atoms with Gasteiger partial charge in [-0.3, -0.25) is 0 Å². The minimum atomic E-state index is 0.101. The Hall–Kier alpha value is -1.10. The molecule has 0 radical (unpaired) electrons. The van der Waals surface area contributed by atoms with Crippen LogP contribution in [-0.2, 0) is 0 Å². The number of nitrogens with one attached hydrogen (secondary N) is 2. The van der Waals surface area contributed by atoms with E-state index in [2.05, 4.69) is 20.8 Å². The third-order valence-corrected chi connectivity index (χ3v) is 1.46. The summed E-state index contributed by atoms with van der Waals surface area (Å²) in [6.07, 6.45) is 0. The van der Waals surface area contributed by atoms with Crippen molar-refractivity contribution in [1.82, 2.24) is 15.5 Å². The number of anilines is 1. The van der Waals surface area contributed by atoms with Gasteiger partial charge in [-0.2, -0.15) is 0 Å². The summed E-state index contributed by atoms with van der Waals surface area (Å²) >= 11 is 0. The van der Waals surface area contributed by atoms with Crippen LogP contribution in [0.5, 0.6) is 0 Å². The van der Waals surface area contributed by atoms with Gasteiger partial charge in [0.2, 0.25) is 5.89 Å². The molecule has 0 bridgehead atoms. The molecule has 0 aliphatic rings. The van der Waals surface area contributed by atoms with E-state index in [4.69, 9.17) is 4.42 Å². The molecule has 1 unspecified atom stereocenters. The molecule has 5 heteroatoms. The van der Waals surface area contributed by atoms with Crippen molar-refractivity contribution < 1.29 is 4.42 Å². The van der Waals surface area contributed by atoms with Crippen molar-refractivity contribution in [2.45, 2.75) is 13.0 Å². The molecule has 0 fully saturated rings. The second-order valence-electron chi connectivity index (χ2n) is 2.21. The molecular weight excluding hydrogens is 144 g/mol. The van der Waals surface area contributed by atoms with Crippen LogP contribution in [0.15, 0.2) is 4.42 Å². The van der Waals surface area contributed by atoms with E-state index in [9.17, 15) is 0 Å². The second-order valence-corrected chi connectivity index (χ2v) is 2.21. The molecule has 2 N–H and O–H groups in total. The molecule has 0 aliphatic heterocycles. The predicted octanol–water partition coefficient (Wildman–Crippen LogP) is 0.392. The van der Waals surface area contributed by atoms with Crippen molar-refractivity contribution in [3.05, 3.63) is 5.89 Å². The van der Waals surface area contributed by atoms with E-state index >= 15 is 0 Å². The first kappa shape index (κ1) is 8.00. The first-order valence-electron chi connectivity index (χ1n) is 3.46. The van der Waals surface area contributed by atoms with Crippen molar-refractivity contribution in [1.29, 1.82) is 0 Å². The van der Waals surface area contributed by atoms with Gasteiger partial charge in [0.05, 0.1) is 6.04 Å². The van der Waals surface area contributed by atoms with Crippen LogP contribution < -0.4 is 10.6 Å². The van der Waals surface area contributed by atoms with Crippen molar-refractivity contribution in [3.8, 4) is 0 Å².